The van der Waals surface area contributed by atoms with E-state index in [4.69, 9.17) is 0 Å². The van der Waals surface area contributed by atoms with Crippen LogP contribution in [0.15, 0.2) is 73.2 Å². The molecule has 1 aromatic carbocycles. The molecule has 2 aromatic heterocycles. The molecule has 0 bridgehead atoms. The van der Waals surface area contributed by atoms with Gasteiger partial charge in [0.15, 0.2) is 0 Å². The third-order valence-corrected chi connectivity index (χ3v) is 3.88. The Balaban J connectivity index is 1.63. The van der Waals surface area contributed by atoms with E-state index < -0.39 is 0 Å². The van der Waals surface area contributed by atoms with Gasteiger partial charge in [-0.1, -0.05) is 30.3 Å². The number of nitrogens with zero attached hydrogens (tertiary/aromatic N) is 2. The Morgan fingerprint density at radius 3 is 2.56 bits per heavy atom. The van der Waals surface area contributed by atoms with E-state index in [1.165, 1.54) is 5.56 Å². The van der Waals surface area contributed by atoms with Crippen LogP contribution in [0.1, 0.15) is 34.6 Å². The van der Waals surface area contributed by atoms with Gasteiger partial charge in [0.05, 0.1) is 0 Å². The van der Waals surface area contributed by atoms with Crippen LogP contribution >= 0.6 is 0 Å². The predicted octanol–water partition coefficient (Wildman–Crippen LogP) is 3.58. The first-order valence-corrected chi connectivity index (χ1v) is 8.17. The van der Waals surface area contributed by atoms with Crippen LogP contribution in [0.25, 0.3) is 0 Å². The summed E-state index contributed by atoms with van der Waals surface area (Å²) >= 11 is 0. The molecule has 0 fully saturated rings. The van der Waals surface area contributed by atoms with Crippen molar-refractivity contribution < 1.29 is 4.79 Å². The Labute approximate surface area is 147 Å². The molecule has 0 radical (unpaired) electrons. The SMILES string of the molecule is CC(Nc1ccnc(C(=O)NCc2ccncc2)c1)c1ccccc1. The van der Waals surface area contributed by atoms with Gasteiger partial charge in [0.25, 0.3) is 5.91 Å². The number of amides is 1. The molecule has 0 spiro atoms. The molecule has 3 rings (SSSR count). The van der Waals surface area contributed by atoms with Crippen molar-refractivity contribution >= 4 is 11.6 Å². The van der Waals surface area contributed by atoms with Crippen molar-refractivity contribution in [2.45, 2.75) is 19.5 Å². The number of nitrogens with one attached hydrogen (secondary N) is 2. The van der Waals surface area contributed by atoms with Crippen LogP contribution in [0, 0.1) is 0 Å². The van der Waals surface area contributed by atoms with Crippen LogP contribution in [0.3, 0.4) is 0 Å². The summed E-state index contributed by atoms with van der Waals surface area (Å²) in [6.07, 6.45) is 5.05. The van der Waals surface area contributed by atoms with E-state index in [9.17, 15) is 4.79 Å². The number of hydrogen-bond donors (Lipinski definition) is 2. The van der Waals surface area contributed by atoms with Crippen LogP contribution in [0.4, 0.5) is 5.69 Å². The maximum Gasteiger partial charge on any atom is 0.270 e. The van der Waals surface area contributed by atoms with Gasteiger partial charge in [0, 0.05) is 36.9 Å². The maximum atomic E-state index is 12.3. The highest BCUT2D eigenvalue weighted by atomic mass is 16.1. The molecule has 25 heavy (non-hydrogen) atoms. The van der Waals surface area contributed by atoms with E-state index in [0.29, 0.717) is 12.2 Å². The lowest BCUT2D eigenvalue weighted by Gasteiger charge is -2.16. The van der Waals surface area contributed by atoms with E-state index >= 15 is 0 Å². The Morgan fingerprint density at radius 1 is 1.04 bits per heavy atom. The quantitative estimate of drug-likeness (QED) is 0.724. The zero-order valence-electron chi connectivity index (χ0n) is 14.0. The van der Waals surface area contributed by atoms with E-state index in [1.54, 1.807) is 24.7 Å². The monoisotopic (exact) mass is 332 g/mol. The molecular weight excluding hydrogens is 312 g/mol. The first kappa shape index (κ1) is 16.6. The Bertz CT molecular complexity index is 821. The summed E-state index contributed by atoms with van der Waals surface area (Å²) in [4.78, 5) is 20.4. The fraction of sp³-hybridized carbons (Fsp3) is 0.150. The van der Waals surface area contributed by atoms with Crippen molar-refractivity contribution in [3.05, 3.63) is 90.0 Å². The molecule has 0 saturated heterocycles. The Hall–Kier alpha value is -3.21. The summed E-state index contributed by atoms with van der Waals surface area (Å²) in [6, 6.07) is 17.7. The molecule has 2 N–H and O–H groups in total. The number of rotatable bonds is 6. The minimum absolute atomic E-state index is 0.135. The predicted molar refractivity (Wildman–Crippen MR) is 98.1 cm³/mol. The first-order chi connectivity index (χ1) is 12.2. The topological polar surface area (TPSA) is 66.9 Å². The van der Waals surface area contributed by atoms with Gasteiger partial charge in [0.1, 0.15) is 5.69 Å². The minimum atomic E-state index is -0.201. The number of hydrogen-bond acceptors (Lipinski definition) is 4. The number of aromatic nitrogens is 2. The normalized spacial score (nSPS) is 11.6. The Kier molecular flexibility index (Phi) is 5.36. The van der Waals surface area contributed by atoms with Crippen LogP contribution < -0.4 is 10.6 Å². The number of carbonyl (C=O) groups excluding carboxylic acids is 1. The van der Waals surface area contributed by atoms with Crippen molar-refractivity contribution in [2.24, 2.45) is 0 Å². The lowest BCUT2D eigenvalue weighted by Crippen LogP contribution is -2.24. The molecule has 126 valence electrons. The number of benzene rings is 1. The molecular formula is C20H20N4O. The van der Waals surface area contributed by atoms with E-state index in [0.717, 1.165) is 11.3 Å². The average Bonchev–Trinajstić information content (AvgIpc) is 2.68. The van der Waals surface area contributed by atoms with E-state index in [-0.39, 0.29) is 11.9 Å². The molecule has 1 atom stereocenters. The van der Waals surface area contributed by atoms with Crippen LogP contribution in [0.2, 0.25) is 0 Å². The van der Waals surface area contributed by atoms with Crippen molar-refractivity contribution in [2.75, 3.05) is 5.32 Å². The molecule has 0 aliphatic heterocycles. The smallest absolute Gasteiger partial charge is 0.270 e. The lowest BCUT2D eigenvalue weighted by molar-refractivity contribution is 0.0946. The third kappa shape index (κ3) is 4.64. The summed E-state index contributed by atoms with van der Waals surface area (Å²) in [6.45, 7) is 2.53. The zero-order chi connectivity index (χ0) is 17.5. The fourth-order valence-corrected chi connectivity index (χ4v) is 2.49. The summed E-state index contributed by atoms with van der Waals surface area (Å²) in [5.74, 6) is -0.201. The second kappa shape index (κ2) is 8.06. The molecule has 2 heterocycles. The molecule has 1 amide bonds. The summed E-state index contributed by atoms with van der Waals surface area (Å²) in [5, 5.41) is 6.27. The van der Waals surface area contributed by atoms with Gasteiger partial charge in [-0.15, -0.1) is 0 Å². The largest absolute Gasteiger partial charge is 0.378 e. The summed E-state index contributed by atoms with van der Waals surface area (Å²) in [5.41, 5.74) is 3.43. The van der Waals surface area contributed by atoms with Gasteiger partial charge in [0.2, 0.25) is 0 Å². The standard InChI is InChI=1S/C20H20N4O/c1-15(17-5-3-2-4-6-17)24-18-9-12-22-19(13-18)20(25)23-14-16-7-10-21-11-8-16/h2-13,15H,14H2,1H3,(H,22,24)(H,23,25). The van der Waals surface area contributed by atoms with Gasteiger partial charge >= 0.3 is 0 Å². The number of anilines is 1. The number of pyridine rings is 2. The highest BCUT2D eigenvalue weighted by Crippen LogP contribution is 2.19. The second-order valence-electron chi connectivity index (χ2n) is 5.74. The third-order valence-electron chi connectivity index (χ3n) is 3.88. The molecule has 0 saturated carbocycles. The molecule has 1 unspecified atom stereocenters. The van der Waals surface area contributed by atoms with Gasteiger partial charge in [-0.05, 0) is 42.3 Å². The molecule has 0 aliphatic carbocycles. The maximum absolute atomic E-state index is 12.3. The highest BCUT2D eigenvalue weighted by molar-refractivity contribution is 5.93. The van der Waals surface area contributed by atoms with Crippen molar-refractivity contribution in [1.82, 2.24) is 15.3 Å². The van der Waals surface area contributed by atoms with E-state index in [1.807, 2.05) is 36.4 Å². The van der Waals surface area contributed by atoms with E-state index in [2.05, 4.69) is 39.7 Å². The van der Waals surface area contributed by atoms with Crippen molar-refractivity contribution in [3.8, 4) is 0 Å². The summed E-state index contributed by atoms with van der Waals surface area (Å²) in [7, 11) is 0. The van der Waals surface area contributed by atoms with Crippen LogP contribution in [-0.2, 0) is 6.54 Å². The Morgan fingerprint density at radius 2 is 1.80 bits per heavy atom. The van der Waals surface area contributed by atoms with Crippen molar-refractivity contribution in [3.63, 3.8) is 0 Å². The molecule has 5 heteroatoms. The second-order valence-corrected chi connectivity index (χ2v) is 5.74. The fourth-order valence-electron chi connectivity index (χ4n) is 2.49. The number of carbonyl (C=O) groups is 1. The highest BCUT2D eigenvalue weighted by Gasteiger charge is 2.10. The molecule has 5 nitrogen and oxygen atoms in total. The van der Waals surface area contributed by atoms with Gasteiger partial charge in [-0.25, -0.2) is 0 Å². The van der Waals surface area contributed by atoms with Gasteiger partial charge in [-0.2, -0.15) is 0 Å². The molecule has 0 aliphatic rings. The zero-order valence-corrected chi connectivity index (χ0v) is 14.0. The lowest BCUT2D eigenvalue weighted by atomic mass is 10.1. The summed E-state index contributed by atoms with van der Waals surface area (Å²) < 4.78 is 0. The molecule has 3 aromatic rings. The first-order valence-electron chi connectivity index (χ1n) is 8.17. The average molecular weight is 332 g/mol. The van der Waals surface area contributed by atoms with Crippen LogP contribution in [0.5, 0.6) is 0 Å². The van der Waals surface area contributed by atoms with Gasteiger partial charge < -0.3 is 10.6 Å². The van der Waals surface area contributed by atoms with Gasteiger partial charge in [-0.3, -0.25) is 14.8 Å². The van der Waals surface area contributed by atoms with Crippen LogP contribution in [-0.4, -0.2) is 15.9 Å². The minimum Gasteiger partial charge on any atom is -0.378 e. The van der Waals surface area contributed by atoms with Crippen molar-refractivity contribution in [1.29, 1.82) is 0 Å².